The number of pyridine rings is 1. The van der Waals surface area contributed by atoms with Crippen molar-refractivity contribution in [2.75, 3.05) is 29.4 Å². The van der Waals surface area contributed by atoms with E-state index >= 15 is 0 Å². The molecule has 0 aromatic carbocycles. The number of fused-ring (bicyclic) bond motifs is 1. The van der Waals surface area contributed by atoms with E-state index in [9.17, 15) is 15.3 Å². The average Bonchev–Trinajstić information content (AvgIpc) is 3.12. The molecule has 1 amide bonds. The summed E-state index contributed by atoms with van der Waals surface area (Å²) < 4.78 is 0. The van der Waals surface area contributed by atoms with Gasteiger partial charge in [0, 0.05) is 61.7 Å². The maximum atomic E-state index is 12.9. The average molecular weight is 467 g/mol. The Balaban J connectivity index is 1.54. The summed E-state index contributed by atoms with van der Waals surface area (Å²) in [6, 6.07) is 7.93. The van der Waals surface area contributed by atoms with Crippen molar-refractivity contribution in [2.24, 2.45) is 0 Å². The Morgan fingerprint density at radius 3 is 2.66 bits per heavy atom. The maximum Gasteiger partial charge on any atom is 0.258 e. The summed E-state index contributed by atoms with van der Waals surface area (Å²) in [6.45, 7) is 7.91. The predicted molar refractivity (Wildman–Crippen MR) is 130 cm³/mol. The summed E-state index contributed by atoms with van der Waals surface area (Å²) in [4.78, 5) is 32.8. The summed E-state index contributed by atoms with van der Waals surface area (Å²) in [5.74, 6) is 2.18. The Bertz CT molecular complexity index is 1350. The van der Waals surface area contributed by atoms with Crippen LogP contribution in [0.5, 0.6) is 0 Å². The number of hydrogen-bond donors (Lipinski definition) is 0. The van der Waals surface area contributed by atoms with Crippen molar-refractivity contribution in [3.63, 3.8) is 0 Å². The number of carbonyl (C=O) groups excluding carboxylic acids is 1. The first-order valence-corrected chi connectivity index (χ1v) is 11.7. The van der Waals surface area contributed by atoms with Gasteiger partial charge >= 0.3 is 0 Å². The van der Waals surface area contributed by atoms with E-state index in [2.05, 4.69) is 53.5 Å². The lowest BCUT2D eigenvalue weighted by Crippen LogP contribution is -2.59. The minimum atomic E-state index is -0.525. The number of amides is 1. The number of nitrogens with zero attached hydrogens (tertiary/aromatic N) is 8. The predicted octanol–water partition coefficient (Wildman–Crippen LogP) is 2.98. The normalized spacial score (nSPS) is 24.8. The van der Waals surface area contributed by atoms with Gasteiger partial charge in [0.25, 0.3) is 5.91 Å². The van der Waals surface area contributed by atoms with Gasteiger partial charge in [-0.1, -0.05) is 6.92 Å². The number of carbonyl (C=O) groups is 1. The first-order valence-electron chi connectivity index (χ1n) is 11.7. The molecule has 1 unspecified atom stereocenters. The quantitative estimate of drug-likeness (QED) is 0.632. The maximum absolute atomic E-state index is 12.9. The number of aromatic nitrogens is 3. The second-order valence-corrected chi connectivity index (χ2v) is 9.73. The lowest BCUT2D eigenvalue weighted by molar-refractivity contribution is -0.130. The van der Waals surface area contributed by atoms with Gasteiger partial charge in [-0.15, -0.1) is 5.73 Å². The fourth-order valence-corrected chi connectivity index (χ4v) is 5.21. The zero-order valence-corrected chi connectivity index (χ0v) is 20.1. The van der Waals surface area contributed by atoms with Crippen LogP contribution in [-0.4, -0.2) is 57.5 Å². The number of nitriles is 2. The molecule has 2 aromatic rings. The standard InChI is InChI=1S/C26H26N8O/c1-17-14-33(25(35)20-5-4-6-20)18(2)13-32(17)23-22-24(31-16-30-23)34(15-26(22,3)8-9-27)21-11-19(12-28)7-10-29-21/h4,7,10-11,16-18H,5,8,13-15H2,1-3H3/t17-,18+,26?/m0/s1. The van der Waals surface area contributed by atoms with Crippen molar-refractivity contribution >= 4 is 23.4 Å². The molecule has 2 aromatic heterocycles. The molecule has 0 N–H and O–H groups in total. The van der Waals surface area contributed by atoms with E-state index in [-0.39, 0.29) is 24.4 Å². The van der Waals surface area contributed by atoms with Gasteiger partial charge < -0.3 is 14.7 Å². The van der Waals surface area contributed by atoms with Gasteiger partial charge in [0.05, 0.1) is 23.3 Å². The topological polar surface area (TPSA) is 113 Å². The van der Waals surface area contributed by atoms with E-state index in [0.29, 0.717) is 43.3 Å². The van der Waals surface area contributed by atoms with Gasteiger partial charge in [0.2, 0.25) is 0 Å². The molecular weight excluding hydrogens is 440 g/mol. The SMILES string of the molecule is C[C@@H]1CN(c2ncnc3c2C(C)(CC#N)CN3c2cc(C#N)ccn2)[C@@H](C)CN1C(=O)C1=C=CC1. The minimum absolute atomic E-state index is 0.00655. The van der Waals surface area contributed by atoms with Gasteiger partial charge in [0.15, 0.2) is 0 Å². The van der Waals surface area contributed by atoms with E-state index in [1.54, 1.807) is 24.7 Å². The first kappa shape index (κ1) is 22.6. The van der Waals surface area contributed by atoms with Crippen molar-refractivity contribution in [3.8, 4) is 12.1 Å². The van der Waals surface area contributed by atoms with Crippen LogP contribution < -0.4 is 9.80 Å². The third-order valence-electron chi connectivity index (χ3n) is 7.15. The van der Waals surface area contributed by atoms with Crippen LogP contribution in [-0.2, 0) is 10.2 Å². The molecule has 0 bridgehead atoms. The third kappa shape index (κ3) is 3.71. The Morgan fingerprint density at radius 2 is 1.97 bits per heavy atom. The molecule has 4 heterocycles. The molecule has 0 radical (unpaired) electrons. The molecule has 35 heavy (non-hydrogen) atoms. The second-order valence-electron chi connectivity index (χ2n) is 9.73. The van der Waals surface area contributed by atoms with Crippen LogP contribution in [0.3, 0.4) is 0 Å². The zero-order valence-electron chi connectivity index (χ0n) is 20.1. The Labute approximate surface area is 204 Å². The van der Waals surface area contributed by atoms with Gasteiger partial charge in [-0.3, -0.25) is 4.79 Å². The summed E-state index contributed by atoms with van der Waals surface area (Å²) in [6.07, 6.45) is 6.01. The number of anilines is 3. The summed E-state index contributed by atoms with van der Waals surface area (Å²) in [5, 5.41) is 19.1. The van der Waals surface area contributed by atoms with Gasteiger partial charge in [-0.2, -0.15) is 10.5 Å². The molecule has 9 heteroatoms. The smallest absolute Gasteiger partial charge is 0.258 e. The largest absolute Gasteiger partial charge is 0.350 e. The molecule has 3 atom stereocenters. The summed E-state index contributed by atoms with van der Waals surface area (Å²) >= 11 is 0. The van der Waals surface area contributed by atoms with E-state index in [1.165, 1.54) is 0 Å². The Kier molecular flexibility index (Phi) is 5.51. The van der Waals surface area contributed by atoms with Crippen LogP contribution in [0, 0.1) is 22.7 Å². The van der Waals surface area contributed by atoms with Gasteiger partial charge in [0.1, 0.15) is 23.8 Å². The van der Waals surface area contributed by atoms with Crippen molar-refractivity contribution < 1.29 is 4.79 Å². The fraction of sp³-hybridized carbons (Fsp3) is 0.423. The zero-order chi connectivity index (χ0) is 24.7. The highest BCUT2D eigenvalue weighted by Gasteiger charge is 2.46. The van der Waals surface area contributed by atoms with Crippen molar-refractivity contribution in [1.82, 2.24) is 19.9 Å². The lowest BCUT2D eigenvalue weighted by Gasteiger charge is -2.45. The highest BCUT2D eigenvalue weighted by molar-refractivity contribution is 5.95. The van der Waals surface area contributed by atoms with Crippen molar-refractivity contribution in [3.05, 3.63) is 53.2 Å². The molecular formula is C26H26N8O. The van der Waals surface area contributed by atoms with E-state index in [4.69, 9.17) is 4.98 Å². The van der Waals surface area contributed by atoms with E-state index in [0.717, 1.165) is 17.0 Å². The third-order valence-corrected chi connectivity index (χ3v) is 7.15. The molecule has 9 nitrogen and oxygen atoms in total. The molecule has 0 spiro atoms. The van der Waals surface area contributed by atoms with Gasteiger partial charge in [-0.25, -0.2) is 15.0 Å². The molecule has 1 aliphatic carbocycles. The van der Waals surface area contributed by atoms with E-state index in [1.807, 2.05) is 15.9 Å². The summed E-state index contributed by atoms with van der Waals surface area (Å²) in [7, 11) is 0. The molecule has 1 fully saturated rings. The number of piperazine rings is 1. The van der Waals surface area contributed by atoms with Crippen LogP contribution in [0.15, 0.2) is 42.0 Å². The number of rotatable bonds is 4. The van der Waals surface area contributed by atoms with Crippen LogP contribution >= 0.6 is 0 Å². The monoisotopic (exact) mass is 466 g/mol. The molecule has 1 saturated heterocycles. The molecule has 176 valence electrons. The molecule has 3 aliphatic rings. The first-order chi connectivity index (χ1) is 16.9. The Hall–Kier alpha value is -4.20. The highest BCUT2D eigenvalue weighted by atomic mass is 16.2. The van der Waals surface area contributed by atoms with Crippen molar-refractivity contribution in [2.45, 2.75) is 51.1 Å². The number of hydrogen-bond acceptors (Lipinski definition) is 8. The van der Waals surface area contributed by atoms with Crippen LogP contribution in [0.1, 0.15) is 44.7 Å². The van der Waals surface area contributed by atoms with Crippen LogP contribution in [0.25, 0.3) is 0 Å². The highest BCUT2D eigenvalue weighted by Crippen LogP contribution is 2.48. The van der Waals surface area contributed by atoms with Crippen molar-refractivity contribution in [1.29, 1.82) is 10.5 Å². The second kappa shape index (κ2) is 8.54. The van der Waals surface area contributed by atoms with Crippen LogP contribution in [0.2, 0.25) is 0 Å². The molecule has 5 rings (SSSR count). The molecule has 2 aliphatic heterocycles. The lowest BCUT2D eigenvalue weighted by atomic mass is 9.82. The van der Waals surface area contributed by atoms with Crippen LogP contribution in [0.4, 0.5) is 17.5 Å². The van der Waals surface area contributed by atoms with Gasteiger partial charge in [-0.05, 0) is 32.1 Å². The Morgan fingerprint density at radius 1 is 1.20 bits per heavy atom. The molecule has 0 saturated carbocycles. The minimum Gasteiger partial charge on any atom is -0.350 e. The fourth-order valence-electron chi connectivity index (χ4n) is 5.21. The van der Waals surface area contributed by atoms with E-state index < -0.39 is 5.41 Å². The summed E-state index contributed by atoms with van der Waals surface area (Å²) in [5.41, 5.74) is 4.65.